The third-order valence-corrected chi connectivity index (χ3v) is 6.23. The molecule has 0 radical (unpaired) electrons. The third-order valence-electron chi connectivity index (χ3n) is 6.23. The largest absolute Gasteiger partial charge is 0.497 e. The second kappa shape index (κ2) is 11.3. The van der Waals surface area contributed by atoms with Crippen LogP contribution in [0.4, 0.5) is 31.1 Å². The van der Waals surface area contributed by atoms with Crippen LogP contribution in [0.1, 0.15) is 30.9 Å². The summed E-state index contributed by atoms with van der Waals surface area (Å²) in [5, 5.41) is 0. The fourth-order valence-corrected chi connectivity index (χ4v) is 4.50. The van der Waals surface area contributed by atoms with E-state index in [9.17, 15) is 35.9 Å². The number of rotatable bonds is 7. The van der Waals surface area contributed by atoms with E-state index < -0.39 is 55.4 Å². The van der Waals surface area contributed by atoms with Crippen LogP contribution in [0.3, 0.4) is 0 Å². The second-order valence-corrected chi connectivity index (χ2v) is 8.56. The van der Waals surface area contributed by atoms with E-state index in [1.54, 1.807) is 30.3 Å². The number of carbonyl (C=O) groups excluding carboxylic acids is 2. The molecule has 3 atom stereocenters. The zero-order valence-electron chi connectivity index (χ0n) is 20.1. The lowest BCUT2D eigenvalue weighted by molar-refractivity contribution is -0.189. The Balaban J connectivity index is 1.94. The first-order valence-electron chi connectivity index (χ1n) is 11.4. The zero-order valence-corrected chi connectivity index (χ0v) is 20.1. The summed E-state index contributed by atoms with van der Waals surface area (Å²) >= 11 is 0. The summed E-state index contributed by atoms with van der Waals surface area (Å²) in [7, 11) is 1.39. The Labute approximate surface area is 209 Å². The van der Waals surface area contributed by atoms with Gasteiger partial charge in [-0.2, -0.15) is 26.3 Å². The fourth-order valence-electron chi connectivity index (χ4n) is 4.50. The number of halogens is 6. The van der Waals surface area contributed by atoms with Gasteiger partial charge in [0.05, 0.1) is 19.2 Å². The number of alkyl halides is 6. The summed E-state index contributed by atoms with van der Waals surface area (Å²) in [6.45, 7) is 0.511. The summed E-state index contributed by atoms with van der Waals surface area (Å²) in [4.78, 5) is 26.1. The highest BCUT2D eigenvalue weighted by molar-refractivity contribution is 5.82. The molecule has 0 N–H and O–H groups in total. The van der Waals surface area contributed by atoms with E-state index in [4.69, 9.17) is 9.47 Å². The van der Waals surface area contributed by atoms with E-state index >= 15 is 0 Å². The first kappa shape index (κ1) is 28.1. The molecule has 1 heterocycles. The van der Waals surface area contributed by atoms with Crippen molar-refractivity contribution < 1.29 is 45.4 Å². The predicted octanol–water partition coefficient (Wildman–Crippen LogP) is 5.71. The molecule has 37 heavy (non-hydrogen) atoms. The fraction of sp³-hybridized carbons (Fsp3) is 0.440. The summed E-state index contributed by atoms with van der Waals surface area (Å²) in [6, 6.07) is 8.64. The molecule has 2 amide bonds. The van der Waals surface area contributed by atoms with Gasteiger partial charge in [-0.05, 0) is 36.1 Å². The number of ether oxygens (including phenoxy) is 2. The maximum atomic E-state index is 14.0. The molecule has 0 saturated carbocycles. The molecular weight excluding hydrogens is 506 g/mol. The molecule has 0 aliphatic carbocycles. The first-order valence-corrected chi connectivity index (χ1v) is 11.4. The molecule has 0 aromatic heterocycles. The van der Waals surface area contributed by atoms with Crippen LogP contribution in [-0.4, -0.2) is 59.4 Å². The molecule has 0 bridgehead atoms. The Hall–Kier alpha value is -3.44. The van der Waals surface area contributed by atoms with Crippen molar-refractivity contribution in [3.63, 3.8) is 0 Å². The average Bonchev–Trinajstić information content (AvgIpc) is 3.26. The quantitative estimate of drug-likeness (QED) is 0.429. The van der Waals surface area contributed by atoms with Crippen molar-refractivity contribution in [2.24, 2.45) is 0 Å². The Morgan fingerprint density at radius 2 is 1.59 bits per heavy atom. The van der Waals surface area contributed by atoms with Gasteiger partial charge in [-0.3, -0.25) is 9.69 Å². The molecule has 1 saturated heterocycles. The highest BCUT2D eigenvalue weighted by atomic mass is 19.4. The summed E-state index contributed by atoms with van der Waals surface area (Å²) < 4.78 is 92.9. The number of likely N-dealkylation sites (tertiary alicyclic amines) is 1. The van der Waals surface area contributed by atoms with Crippen molar-refractivity contribution in [2.45, 2.75) is 63.4 Å². The number of hydrogen-bond donors (Lipinski definition) is 0. The van der Waals surface area contributed by atoms with Gasteiger partial charge in [-0.1, -0.05) is 49.4 Å². The van der Waals surface area contributed by atoms with Crippen LogP contribution in [0.5, 0.6) is 5.75 Å². The van der Waals surface area contributed by atoms with Gasteiger partial charge in [-0.25, -0.2) is 4.79 Å². The van der Waals surface area contributed by atoms with Crippen molar-refractivity contribution in [3.05, 3.63) is 65.7 Å². The maximum absolute atomic E-state index is 14.0. The lowest BCUT2D eigenvalue weighted by atomic mass is 10.0. The van der Waals surface area contributed by atoms with Crippen LogP contribution < -0.4 is 4.74 Å². The van der Waals surface area contributed by atoms with Crippen molar-refractivity contribution in [1.29, 1.82) is 0 Å². The summed E-state index contributed by atoms with van der Waals surface area (Å²) in [5.41, 5.74) is 0.776. The van der Waals surface area contributed by atoms with E-state index in [-0.39, 0.29) is 18.6 Å². The van der Waals surface area contributed by atoms with Crippen molar-refractivity contribution >= 4 is 12.0 Å². The van der Waals surface area contributed by atoms with E-state index in [1.165, 1.54) is 38.3 Å². The molecule has 202 valence electrons. The smallest absolute Gasteiger partial charge is 0.471 e. The van der Waals surface area contributed by atoms with E-state index in [0.29, 0.717) is 21.1 Å². The molecule has 1 aliphatic heterocycles. The molecule has 6 nitrogen and oxygen atoms in total. The van der Waals surface area contributed by atoms with Gasteiger partial charge in [0, 0.05) is 6.54 Å². The number of hydrogen-bond acceptors (Lipinski definition) is 4. The van der Waals surface area contributed by atoms with Crippen LogP contribution >= 0.6 is 0 Å². The third kappa shape index (κ3) is 6.66. The van der Waals surface area contributed by atoms with Gasteiger partial charge in [0.15, 0.2) is 0 Å². The molecule has 1 fully saturated rings. The SMILES string of the molecule is CC[C@@H]1[C@H](N(Cc2ccc(OC)cc2)C(=O)C(F)(F)F)C[C@H](C(F)(F)F)N1C(=O)OCc1ccccc1. The first-order chi connectivity index (χ1) is 17.4. The Bertz CT molecular complexity index is 1060. The number of benzene rings is 2. The van der Waals surface area contributed by atoms with Crippen LogP contribution in [0, 0.1) is 0 Å². The highest BCUT2D eigenvalue weighted by Crippen LogP contribution is 2.41. The zero-order chi connectivity index (χ0) is 27.4. The Morgan fingerprint density at radius 3 is 2.11 bits per heavy atom. The van der Waals surface area contributed by atoms with Crippen LogP contribution in [0.25, 0.3) is 0 Å². The summed E-state index contributed by atoms with van der Waals surface area (Å²) in [6.07, 6.45) is -12.7. The molecule has 1 aliphatic rings. The molecule has 12 heteroatoms. The van der Waals surface area contributed by atoms with Crippen molar-refractivity contribution in [1.82, 2.24) is 9.80 Å². The predicted molar refractivity (Wildman–Crippen MR) is 120 cm³/mol. The summed E-state index contributed by atoms with van der Waals surface area (Å²) in [5.74, 6) is -1.87. The lowest BCUT2D eigenvalue weighted by Crippen LogP contribution is -2.53. The molecule has 2 aromatic carbocycles. The van der Waals surface area contributed by atoms with Crippen LogP contribution in [0.2, 0.25) is 0 Å². The molecule has 2 aromatic rings. The van der Waals surface area contributed by atoms with Crippen LogP contribution in [0.15, 0.2) is 54.6 Å². The van der Waals surface area contributed by atoms with E-state index in [0.717, 1.165) is 0 Å². The van der Waals surface area contributed by atoms with Crippen molar-refractivity contribution in [2.75, 3.05) is 7.11 Å². The van der Waals surface area contributed by atoms with E-state index in [1.807, 2.05) is 0 Å². The molecular formula is C25H26F6N2O4. The number of methoxy groups -OCH3 is 1. The maximum Gasteiger partial charge on any atom is 0.471 e. The van der Waals surface area contributed by atoms with Gasteiger partial charge in [0.2, 0.25) is 0 Å². The van der Waals surface area contributed by atoms with Gasteiger partial charge < -0.3 is 14.4 Å². The van der Waals surface area contributed by atoms with Gasteiger partial charge in [0.25, 0.3) is 0 Å². The second-order valence-electron chi connectivity index (χ2n) is 8.56. The van der Waals surface area contributed by atoms with Crippen LogP contribution in [-0.2, 0) is 22.7 Å². The standard InChI is InChI=1S/C25H26F6N2O4/c1-3-19-20(32(22(34)25(29,30)31)14-16-9-11-18(36-2)12-10-16)13-21(24(26,27)28)33(19)23(35)37-15-17-7-5-4-6-8-17/h4-12,19-21H,3,13-15H2,1-2H3/t19-,20-,21-/m1/s1. The Morgan fingerprint density at radius 1 is 0.973 bits per heavy atom. The minimum atomic E-state index is -5.33. The van der Waals surface area contributed by atoms with Crippen molar-refractivity contribution in [3.8, 4) is 5.75 Å². The minimum Gasteiger partial charge on any atom is -0.497 e. The monoisotopic (exact) mass is 532 g/mol. The van der Waals surface area contributed by atoms with E-state index in [2.05, 4.69) is 0 Å². The average molecular weight is 532 g/mol. The van der Waals surface area contributed by atoms with Gasteiger partial charge >= 0.3 is 24.4 Å². The Kier molecular flexibility index (Phi) is 8.60. The minimum absolute atomic E-state index is 0.137. The normalized spacial score (nSPS) is 20.0. The molecule has 3 rings (SSSR count). The number of nitrogens with zero attached hydrogens (tertiary/aromatic N) is 2. The molecule has 0 unspecified atom stereocenters. The van der Waals surface area contributed by atoms with Gasteiger partial charge in [-0.15, -0.1) is 0 Å². The number of carbonyl (C=O) groups is 2. The lowest BCUT2D eigenvalue weighted by Gasteiger charge is -2.35. The topological polar surface area (TPSA) is 59.1 Å². The highest BCUT2D eigenvalue weighted by Gasteiger charge is 2.59. The molecule has 0 spiro atoms. The van der Waals surface area contributed by atoms with Gasteiger partial charge in [0.1, 0.15) is 18.4 Å². The number of amides is 2.